The van der Waals surface area contributed by atoms with Crippen LogP contribution in [-0.2, 0) is 23.7 Å². The maximum absolute atomic E-state index is 11.7. The van der Waals surface area contributed by atoms with Gasteiger partial charge in [0.15, 0.2) is 0 Å². The van der Waals surface area contributed by atoms with Crippen LogP contribution in [0.5, 0.6) is 0 Å². The molecule has 1 fully saturated rings. The van der Waals surface area contributed by atoms with Gasteiger partial charge in [0, 0.05) is 31.0 Å². The predicted molar refractivity (Wildman–Crippen MR) is 136 cm³/mol. The molecule has 1 saturated carbocycles. The molecule has 10 nitrogen and oxygen atoms in total. The zero-order chi connectivity index (χ0) is 24.9. The normalized spacial score (nSPS) is 13.5. The first kappa shape index (κ1) is 31.1. The van der Waals surface area contributed by atoms with Crippen LogP contribution in [0.2, 0.25) is 0 Å². The molecule has 2 amide bonds. The van der Waals surface area contributed by atoms with Gasteiger partial charge >= 0.3 is 12.2 Å². The summed E-state index contributed by atoms with van der Waals surface area (Å²) in [5.74, 6) is 1.23. The molecule has 0 aromatic carbocycles. The maximum Gasteiger partial charge on any atom is 0.407 e. The van der Waals surface area contributed by atoms with Gasteiger partial charge in [0.2, 0.25) is 0 Å². The van der Waals surface area contributed by atoms with Gasteiger partial charge in [-0.2, -0.15) is 0 Å². The highest BCUT2D eigenvalue weighted by atomic mass is 33.1. The van der Waals surface area contributed by atoms with Gasteiger partial charge < -0.3 is 40.1 Å². The minimum atomic E-state index is -0.441. The number of nitrogens with one attached hydrogen (secondary N) is 2. The number of alkyl carbamates (subject to hydrolysis) is 2. The summed E-state index contributed by atoms with van der Waals surface area (Å²) in [6.45, 7) is 9.11. The van der Waals surface area contributed by atoms with Gasteiger partial charge in [-0.1, -0.05) is 21.6 Å². The summed E-state index contributed by atoms with van der Waals surface area (Å²) in [6, 6.07) is 0. The van der Waals surface area contributed by atoms with Crippen LogP contribution in [0.15, 0.2) is 0 Å². The van der Waals surface area contributed by atoms with Crippen LogP contribution in [-0.4, -0.2) is 88.8 Å². The fourth-order valence-corrected chi connectivity index (χ4v) is 4.74. The van der Waals surface area contributed by atoms with Gasteiger partial charge in [0.25, 0.3) is 0 Å². The third kappa shape index (κ3) is 20.5. The van der Waals surface area contributed by atoms with E-state index in [0.717, 1.165) is 25.8 Å². The predicted octanol–water partition coefficient (Wildman–Crippen LogP) is 3.15. The molecule has 0 unspecified atom stereocenters. The first-order valence-corrected chi connectivity index (χ1v) is 14.3. The van der Waals surface area contributed by atoms with Crippen molar-refractivity contribution in [1.82, 2.24) is 10.6 Å². The zero-order valence-electron chi connectivity index (χ0n) is 20.6. The Kier molecular flexibility index (Phi) is 18.6. The number of amides is 2. The largest absolute Gasteiger partial charge is 0.450 e. The van der Waals surface area contributed by atoms with E-state index in [4.69, 9.17) is 29.4 Å². The lowest BCUT2D eigenvalue weighted by molar-refractivity contribution is 0.0512. The molecule has 0 bridgehead atoms. The molecule has 200 valence electrons. The number of carbonyl (C=O) groups is 2. The SMILES string of the molecule is CC(C)(CCOC(=O)NCCOCCOCCN)SSCOCCCCOC(=O)NCC1CC1. The molecule has 4 N–H and O–H groups in total. The molecule has 0 saturated heterocycles. The van der Waals surface area contributed by atoms with Crippen molar-refractivity contribution < 1.29 is 33.3 Å². The van der Waals surface area contributed by atoms with Gasteiger partial charge in [0.05, 0.1) is 39.6 Å². The summed E-state index contributed by atoms with van der Waals surface area (Å²) in [4.78, 5) is 23.2. The molecule has 0 radical (unpaired) electrons. The Morgan fingerprint density at radius 2 is 1.56 bits per heavy atom. The van der Waals surface area contributed by atoms with Crippen LogP contribution < -0.4 is 16.4 Å². The van der Waals surface area contributed by atoms with Gasteiger partial charge in [0.1, 0.15) is 5.94 Å². The van der Waals surface area contributed by atoms with Crippen molar-refractivity contribution >= 4 is 33.8 Å². The van der Waals surface area contributed by atoms with E-state index in [1.54, 1.807) is 21.6 Å². The standard InChI is InChI=1S/C22H43N3O7S2/c1-22(2,7-12-32-20(26)24-9-14-29-16-15-28-13-8-23)34-33-18-30-10-3-4-11-31-21(27)25-17-19-5-6-19/h19H,3-18,23H2,1-2H3,(H,24,26)(H,25,27). The molecule has 1 aliphatic carbocycles. The molecule has 0 aromatic heterocycles. The lowest BCUT2D eigenvalue weighted by Gasteiger charge is -2.22. The summed E-state index contributed by atoms with van der Waals surface area (Å²) in [7, 11) is 3.35. The van der Waals surface area contributed by atoms with E-state index in [9.17, 15) is 9.59 Å². The average molecular weight is 526 g/mol. The fourth-order valence-electron chi connectivity index (χ4n) is 2.46. The second-order valence-corrected chi connectivity index (χ2v) is 11.4. The summed E-state index contributed by atoms with van der Waals surface area (Å²) in [6.07, 6.45) is 4.02. The number of unbranched alkanes of at least 4 members (excludes halogenated alkanes) is 1. The van der Waals surface area contributed by atoms with Crippen molar-refractivity contribution in [3.63, 3.8) is 0 Å². The van der Waals surface area contributed by atoms with Crippen LogP contribution in [0.1, 0.15) is 46.0 Å². The highest BCUT2D eigenvalue weighted by molar-refractivity contribution is 8.77. The second-order valence-electron chi connectivity index (χ2n) is 8.48. The van der Waals surface area contributed by atoms with E-state index >= 15 is 0 Å². The number of rotatable bonds is 22. The Morgan fingerprint density at radius 3 is 2.29 bits per heavy atom. The minimum Gasteiger partial charge on any atom is -0.450 e. The van der Waals surface area contributed by atoms with Crippen molar-refractivity contribution in [2.75, 3.05) is 71.8 Å². The molecule has 1 aliphatic rings. The smallest absolute Gasteiger partial charge is 0.407 e. The van der Waals surface area contributed by atoms with Crippen molar-refractivity contribution in [2.45, 2.75) is 50.7 Å². The number of ether oxygens (including phenoxy) is 5. The lowest BCUT2D eigenvalue weighted by Crippen LogP contribution is -2.29. The molecule has 34 heavy (non-hydrogen) atoms. The van der Waals surface area contributed by atoms with Gasteiger partial charge in [-0.05, 0) is 51.9 Å². The van der Waals surface area contributed by atoms with Crippen LogP contribution >= 0.6 is 21.6 Å². The van der Waals surface area contributed by atoms with E-state index in [1.807, 2.05) is 0 Å². The molecule has 0 aliphatic heterocycles. The fraction of sp³-hybridized carbons (Fsp3) is 0.909. The van der Waals surface area contributed by atoms with E-state index in [-0.39, 0.29) is 10.8 Å². The quantitative estimate of drug-likeness (QED) is 0.110. The minimum absolute atomic E-state index is 0.0530. The molecular weight excluding hydrogens is 482 g/mol. The number of carbonyl (C=O) groups excluding carboxylic acids is 2. The number of hydrogen-bond acceptors (Lipinski definition) is 10. The summed E-state index contributed by atoms with van der Waals surface area (Å²) >= 11 is 0. The van der Waals surface area contributed by atoms with Gasteiger partial charge in [-0.3, -0.25) is 0 Å². The Balaban J connectivity index is 1.85. The topological polar surface area (TPSA) is 130 Å². The van der Waals surface area contributed by atoms with Gasteiger partial charge in [-0.15, -0.1) is 0 Å². The monoisotopic (exact) mass is 525 g/mol. The Bertz CT molecular complexity index is 541. The van der Waals surface area contributed by atoms with Crippen molar-refractivity contribution in [3.05, 3.63) is 0 Å². The van der Waals surface area contributed by atoms with E-state index in [2.05, 4.69) is 24.5 Å². The lowest BCUT2D eigenvalue weighted by atomic mass is 10.1. The Morgan fingerprint density at radius 1 is 0.882 bits per heavy atom. The maximum atomic E-state index is 11.7. The van der Waals surface area contributed by atoms with Crippen molar-refractivity contribution in [2.24, 2.45) is 11.7 Å². The second kappa shape index (κ2) is 20.3. The molecule has 12 heteroatoms. The van der Waals surface area contributed by atoms with Crippen LogP contribution in [0.25, 0.3) is 0 Å². The molecule has 0 spiro atoms. The highest BCUT2D eigenvalue weighted by Crippen LogP contribution is 2.37. The third-order valence-corrected chi connectivity index (χ3v) is 7.68. The first-order valence-electron chi connectivity index (χ1n) is 12.0. The van der Waals surface area contributed by atoms with Crippen LogP contribution in [0.4, 0.5) is 9.59 Å². The third-order valence-electron chi connectivity index (χ3n) is 4.65. The van der Waals surface area contributed by atoms with Crippen molar-refractivity contribution in [3.8, 4) is 0 Å². The van der Waals surface area contributed by atoms with Crippen LogP contribution in [0.3, 0.4) is 0 Å². The van der Waals surface area contributed by atoms with E-state index in [1.165, 1.54) is 12.8 Å². The van der Waals surface area contributed by atoms with Crippen molar-refractivity contribution in [1.29, 1.82) is 0 Å². The van der Waals surface area contributed by atoms with E-state index < -0.39 is 6.09 Å². The zero-order valence-corrected chi connectivity index (χ0v) is 22.3. The molecule has 0 atom stereocenters. The molecule has 0 heterocycles. The van der Waals surface area contributed by atoms with Gasteiger partial charge in [-0.25, -0.2) is 9.59 Å². The highest BCUT2D eigenvalue weighted by Gasteiger charge is 2.22. The summed E-state index contributed by atoms with van der Waals surface area (Å²) in [5.41, 5.74) is 5.32. The molecule has 1 rings (SSSR count). The first-order chi connectivity index (χ1) is 16.4. The Hall–Kier alpha value is -0.920. The summed E-state index contributed by atoms with van der Waals surface area (Å²) in [5, 5.41) is 5.44. The molecule has 0 aromatic rings. The Labute approximate surface area is 211 Å². The summed E-state index contributed by atoms with van der Waals surface area (Å²) < 4.78 is 26.4. The molecular formula is C22H43N3O7S2. The van der Waals surface area contributed by atoms with Crippen LogP contribution in [0, 0.1) is 5.92 Å². The number of hydrogen-bond donors (Lipinski definition) is 3. The van der Waals surface area contributed by atoms with E-state index in [0.29, 0.717) is 71.2 Å². The average Bonchev–Trinajstić information content (AvgIpc) is 3.63. The number of nitrogens with two attached hydrogens (primary N) is 1.